The molecule has 1 aliphatic rings. The topological polar surface area (TPSA) is 36.4 Å². The molecule has 1 fully saturated rings. The largest absolute Gasteiger partial charge is 0.393 e. The summed E-state index contributed by atoms with van der Waals surface area (Å²) < 4.78 is 0. The molecule has 16 heavy (non-hydrogen) atoms. The van der Waals surface area contributed by atoms with Crippen molar-refractivity contribution in [3.05, 3.63) is 30.1 Å². The standard InChI is InChI=1S/C13H20N2O/c1-15(12-2-3-13(16)10-12)9-6-11-4-7-14-8-5-11/h4-5,7-8,12-13,16H,2-3,6,9-10H2,1H3. The second-order valence-electron chi connectivity index (χ2n) is 4.71. The van der Waals surface area contributed by atoms with Crippen LogP contribution in [0.2, 0.25) is 0 Å². The number of likely N-dealkylation sites (N-methyl/N-ethyl adjacent to an activating group) is 1. The van der Waals surface area contributed by atoms with Crippen LogP contribution in [0.1, 0.15) is 24.8 Å². The molecule has 0 bridgehead atoms. The first-order chi connectivity index (χ1) is 7.75. The van der Waals surface area contributed by atoms with Gasteiger partial charge in [-0.15, -0.1) is 0 Å². The molecule has 3 heteroatoms. The van der Waals surface area contributed by atoms with Crippen LogP contribution in [0.5, 0.6) is 0 Å². The van der Waals surface area contributed by atoms with E-state index in [1.54, 1.807) is 0 Å². The van der Waals surface area contributed by atoms with Gasteiger partial charge in [0.1, 0.15) is 0 Å². The minimum Gasteiger partial charge on any atom is -0.393 e. The van der Waals surface area contributed by atoms with Crippen LogP contribution < -0.4 is 0 Å². The summed E-state index contributed by atoms with van der Waals surface area (Å²) in [5.41, 5.74) is 1.33. The van der Waals surface area contributed by atoms with E-state index in [0.29, 0.717) is 6.04 Å². The molecule has 2 atom stereocenters. The molecule has 1 aromatic rings. The number of hydrogen-bond acceptors (Lipinski definition) is 3. The molecule has 0 spiro atoms. The number of hydrogen-bond donors (Lipinski definition) is 1. The van der Waals surface area contributed by atoms with E-state index in [1.165, 1.54) is 5.56 Å². The number of aliphatic hydroxyl groups excluding tert-OH is 1. The van der Waals surface area contributed by atoms with Gasteiger partial charge in [0.2, 0.25) is 0 Å². The lowest BCUT2D eigenvalue weighted by Crippen LogP contribution is -2.31. The molecule has 1 N–H and O–H groups in total. The molecule has 3 nitrogen and oxygen atoms in total. The van der Waals surface area contributed by atoms with Crippen LogP contribution in [0.15, 0.2) is 24.5 Å². The van der Waals surface area contributed by atoms with E-state index in [4.69, 9.17) is 0 Å². The summed E-state index contributed by atoms with van der Waals surface area (Å²) in [5.74, 6) is 0. The Morgan fingerprint density at radius 3 is 2.75 bits per heavy atom. The Balaban J connectivity index is 1.78. The highest BCUT2D eigenvalue weighted by Gasteiger charge is 2.25. The quantitative estimate of drug-likeness (QED) is 0.834. The molecule has 1 aliphatic carbocycles. The van der Waals surface area contributed by atoms with Crippen molar-refractivity contribution in [3.63, 3.8) is 0 Å². The van der Waals surface area contributed by atoms with Crippen LogP contribution in [0.3, 0.4) is 0 Å². The fraction of sp³-hybridized carbons (Fsp3) is 0.615. The monoisotopic (exact) mass is 220 g/mol. The van der Waals surface area contributed by atoms with E-state index < -0.39 is 0 Å². The highest BCUT2D eigenvalue weighted by atomic mass is 16.3. The van der Waals surface area contributed by atoms with Crippen LogP contribution in [0.25, 0.3) is 0 Å². The highest BCUT2D eigenvalue weighted by Crippen LogP contribution is 2.23. The van der Waals surface area contributed by atoms with Crippen molar-refractivity contribution >= 4 is 0 Å². The Morgan fingerprint density at radius 2 is 2.12 bits per heavy atom. The van der Waals surface area contributed by atoms with Gasteiger partial charge in [-0.1, -0.05) is 0 Å². The van der Waals surface area contributed by atoms with E-state index in [0.717, 1.165) is 32.2 Å². The van der Waals surface area contributed by atoms with E-state index in [9.17, 15) is 5.11 Å². The Morgan fingerprint density at radius 1 is 1.38 bits per heavy atom. The third kappa shape index (κ3) is 3.03. The van der Waals surface area contributed by atoms with Gasteiger partial charge in [-0.05, 0) is 50.4 Å². The highest BCUT2D eigenvalue weighted by molar-refractivity contribution is 5.09. The van der Waals surface area contributed by atoms with Gasteiger partial charge in [0.25, 0.3) is 0 Å². The minimum atomic E-state index is -0.0756. The third-order valence-electron chi connectivity index (χ3n) is 3.50. The van der Waals surface area contributed by atoms with Crippen molar-refractivity contribution in [2.75, 3.05) is 13.6 Å². The molecule has 0 radical (unpaired) electrons. The average Bonchev–Trinajstić information content (AvgIpc) is 2.74. The second kappa shape index (κ2) is 5.41. The van der Waals surface area contributed by atoms with E-state index in [1.807, 2.05) is 12.4 Å². The van der Waals surface area contributed by atoms with Gasteiger partial charge in [-0.2, -0.15) is 0 Å². The Labute approximate surface area is 97.1 Å². The first kappa shape index (κ1) is 11.6. The lowest BCUT2D eigenvalue weighted by molar-refractivity contribution is 0.163. The van der Waals surface area contributed by atoms with Gasteiger partial charge < -0.3 is 10.0 Å². The molecule has 88 valence electrons. The van der Waals surface area contributed by atoms with Gasteiger partial charge >= 0.3 is 0 Å². The molecule has 0 amide bonds. The predicted molar refractivity (Wildman–Crippen MR) is 64.2 cm³/mol. The lowest BCUT2D eigenvalue weighted by atomic mass is 10.1. The maximum absolute atomic E-state index is 9.50. The summed E-state index contributed by atoms with van der Waals surface area (Å²) in [5, 5.41) is 9.50. The number of aliphatic hydroxyl groups is 1. The second-order valence-corrected chi connectivity index (χ2v) is 4.71. The maximum atomic E-state index is 9.50. The molecular weight excluding hydrogens is 200 g/mol. The van der Waals surface area contributed by atoms with Crippen molar-refractivity contribution in [2.24, 2.45) is 0 Å². The van der Waals surface area contributed by atoms with Gasteiger partial charge in [-0.25, -0.2) is 0 Å². The molecule has 1 heterocycles. The zero-order chi connectivity index (χ0) is 11.4. The number of pyridine rings is 1. The van der Waals surface area contributed by atoms with Crippen LogP contribution >= 0.6 is 0 Å². The molecule has 2 unspecified atom stereocenters. The first-order valence-corrected chi connectivity index (χ1v) is 6.03. The van der Waals surface area contributed by atoms with Crippen molar-refractivity contribution in [1.29, 1.82) is 0 Å². The van der Waals surface area contributed by atoms with Gasteiger partial charge in [0, 0.05) is 25.0 Å². The maximum Gasteiger partial charge on any atom is 0.0555 e. The smallest absolute Gasteiger partial charge is 0.0555 e. The van der Waals surface area contributed by atoms with Gasteiger partial charge in [0.15, 0.2) is 0 Å². The number of rotatable bonds is 4. The van der Waals surface area contributed by atoms with E-state index >= 15 is 0 Å². The van der Waals surface area contributed by atoms with Crippen molar-refractivity contribution < 1.29 is 5.11 Å². The minimum absolute atomic E-state index is 0.0756. The van der Waals surface area contributed by atoms with Gasteiger partial charge in [-0.3, -0.25) is 4.98 Å². The van der Waals surface area contributed by atoms with E-state index in [2.05, 4.69) is 29.1 Å². The molecule has 0 aliphatic heterocycles. The number of nitrogens with zero attached hydrogens (tertiary/aromatic N) is 2. The molecular formula is C13H20N2O. The number of aromatic nitrogens is 1. The third-order valence-corrected chi connectivity index (χ3v) is 3.50. The Kier molecular flexibility index (Phi) is 3.91. The van der Waals surface area contributed by atoms with Crippen molar-refractivity contribution in [2.45, 2.75) is 37.8 Å². The SMILES string of the molecule is CN(CCc1ccncc1)C1CCC(O)C1. The zero-order valence-corrected chi connectivity index (χ0v) is 9.84. The normalized spacial score (nSPS) is 25.2. The molecule has 0 aromatic carbocycles. The average molecular weight is 220 g/mol. The first-order valence-electron chi connectivity index (χ1n) is 6.03. The summed E-state index contributed by atoms with van der Waals surface area (Å²) in [6.45, 7) is 1.06. The molecule has 1 saturated carbocycles. The van der Waals surface area contributed by atoms with Crippen molar-refractivity contribution in [3.8, 4) is 0 Å². The molecule has 2 rings (SSSR count). The Hall–Kier alpha value is -0.930. The summed E-state index contributed by atoms with van der Waals surface area (Å²) in [7, 11) is 2.16. The van der Waals surface area contributed by atoms with Gasteiger partial charge in [0.05, 0.1) is 6.10 Å². The van der Waals surface area contributed by atoms with Crippen LogP contribution in [-0.2, 0) is 6.42 Å². The Bertz CT molecular complexity index is 315. The summed E-state index contributed by atoms with van der Waals surface area (Å²) in [4.78, 5) is 6.38. The molecule has 0 saturated heterocycles. The van der Waals surface area contributed by atoms with Crippen molar-refractivity contribution in [1.82, 2.24) is 9.88 Å². The summed E-state index contributed by atoms with van der Waals surface area (Å²) >= 11 is 0. The summed E-state index contributed by atoms with van der Waals surface area (Å²) in [6, 6.07) is 4.70. The zero-order valence-electron chi connectivity index (χ0n) is 9.84. The van der Waals surface area contributed by atoms with E-state index in [-0.39, 0.29) is 6.10 Å². The fourth-order valence-electron chi connectivity index (χ4n) is 2.37. The summed E-state index contributed by atoms with van der Waals surface area (Å²) in [6.07, 6.45) is 7.70. The van der Waals surface area contributed by atoms with Crippen LogP contribution in [0.4, 0.5) is 0 Å². The van der Waals surface area contributed by atoms with Crippen LogP contribution in [0, 0.1) is 0 Å². The predicted octanol–water partition coefficient (Wildman–Crippen LogP) is 1.47. The van der Waals surface area contributed by atoms with Crippen LogP contribution in [-0.4, -0.2) is 40.7 Å². The molecule has 1 aromatic heterocycles. The fourth-order valence-corrected chi connectivity index (χ4v) is 2.37. The lowest BCUT2D eigenvalue weighted by Gasteiger charge is -2.23.